The second-order valence-corrected chi connectivity index (χ2v) is 7.12. The average molecular weight is 317 g/mol. The fourth-order valence-electron chi connectivity index (χ4n) is 2.27. The first-order valence-corrected chi connectivity index (χ1v) is 8.29. The highest BCUT2D eigenvalue weighted by molar-refractivity contribution is 7.93. The number of aryl methyl sites for hydroxylation is 2. The second kappa shape index (κ2) is 5.10. The van der Waals surface area contributed by atoms with E-state index in [1.807, 2.05) is 19.9 Å². The number of anilines is 1. The van der Waals surface area contributed by atoms with Crippen LogP contribution in [-0.4, -0.2) is 25.4 Å². The number of carbonyl (C=O) groups is 1. The van der Waals surface area contributed by atoms with Crippen molar-refractivity contribution in [1.82, 2.24) is 5.32 Å². The minimum absolute atomic E-state index is 0.433. The fourth-order valence-corrected chi connectivity index (χ4v) is 3.46. The van der Waals surface area contributed by atoms with Gasteiger partial charge in [-0.05, 0) is 49.3 Å². The van der Waals surface area contributed by atoms with Crippen molar-refractivity contribution >= 4 is 27.5 Å². The molecule has 1 aromatic rings. The Balaban J connectivity index is 1.85. The Morgan fingerprint density at radius 1 is 1.23 bits per heavy atom. The molecule has 1 aromatic carbocycles. The second-order valence-electron chi connectivity index (χ2n) is 5.28. The van der Waals surface area contributed by atoms with Crippen molar-refractivity contribution in [3.63, 3.8) is 0 Å². The number of benzene rings is 1. The third kappa shape index (κ3) is 2.67. The van der Waals surface area contributed by atoms with Crippen LogP contribution < -0.4 is 10.0 Å². The topological polar surface area (TPSA) is 87.6 Å². The summed E-state index contributed by atoms with van der Waals surface area (Å²) in [5.41, 5.74) is 3.52. The van der Waals surface area contributed by atoms with E-state index in [1.54, 1.807) is 12.1 Å². The van der Waals surface area contributed by atoms with E-state index in [0.29, 0.717) is 17.1 Å². The van der Waals surface area contributed by atoms with Gasteiger partial charge in [-0.3, -0.25) is 4.72 Å². The van der Waals surface area contributed by atoms with Crippen LogP contribution >= 0.6 is 0 Å². The summed E-state index contributed by atoms with van der Waals surface area (Å²) in [6.07, 6.45) is 4.52. The van der Waals surface area contributed by atoms with E-state index < -0.39 is 21.3 Å². The van der Waals surface area contributed by atoms with Crippen LogP contribution in [0.4, 0.5) is 10.5 Å². The van der Waals surface area contributed by atoms with Gasteiger partial charge in [-0.15, -0.1) is 0 Å². The number of allylic oxidation sites excluding steroid dienone is 1. The first kappa shape index (κ1) is 14.5. The van der Waals surface area contributed by atoms with Gasteiger partial charge in [0.2, 0.25) is 10.0 Å². The maximum Gasteiger partial charge on any atom is 0.346 e. The predicted octanol–water partition coefficient (Wildman–Crippen LogP) is 2.03. The number of fused-ring (bicyclic) bond motifs is 1. The molecule has 0 fully saturated rings. The summed E-state index contributed by atoms with van der Waals surface area (Å²) in [4.78, 5) is 14.9. The summed E-state index contributed by atoms with van der Waals surface area (Å²) in [6.45, 7) is 3.89. The van der Waals surface area contributed by atoms with Crippen molar-refractivity contribution in [3.8, 4) is 0 Å². The van der Waals surface area contributed by atoms with Gasteiger partial charge in [0.25, 0.3) is 0 Å². The number of nitrogens with zero attached hydrogens (tertiary/aromatic N) is 1. The number of nitrogens with one attached hydrogen (secondary N) is 2. The van der Waals surface area contributed by atoms with Crippen molar-refractivity contribution in [3.05, 3.63) is 53.3 Å². The quantitative estimate of drug-likeness (QED) is 0.894. The average Bonchev–Trinajstić information content (AvgIpc) is 2.81. The summed E-state index contributed by atoms with van der Waals surface area (Å²) in [7, 11) is -3.64. The lowest BCUT2D eigenvalue weighted by molar-refractivity contribution is 0.253. The Kier molecular flexibility index (Phi) is 3.37. The monoisotopic (exact) mass is 317 g/mol. The fraction of sp³-hybridized carbons (Fsp3) is 0.200. The van der Waals surface area contributed by atoms with E-state index in [9.17, 15) is 13.2 Å². The highest BCUT2D eigenvalue weighted by Gasteiger charge is 2.28. The molecule has 0 bridgehead atoms. The molecule has 1 unspecified atom stereocenters. The molecule has 0 spiro atoms. The lowest BCUT2D eigenvalue weighted by atomic mass is 10.1. The molecule has 0 aromatic heterocycles. The number of hydrogen-bond donors (Lipinski definition) is 2. The van der Waals surface area contributed by atoms with Crippen molar-refractivity contribution in [1.29, 1.82) is 0 Å². The van der Waals surface area contributed by atoms with Crippen LogP contribution in [0.25, 0.3) is 0 Å². The molecule has 2 N–H and O–H groups in total. The maximum absolute atomic E-state index is 12.5. The third-order valence-corrected chi connectivity index (χ3v) is 5.17. The molecule has 0 radical (unpaired) electrons. The lowest BCUT2D eigenvalue weighted by Crippen LogP contribution is -2.29. The molecule has 0 saturated heterocycles. The number of hydrogen-bond acceptors (Lipinski definition) is 3. The molecule has 7 heteroatoms. The van der Waals surface area contributed by atoms with Gasteiger partial charge in [0.15, 0.2) is 0 Å². The van der Waals surface area contributed by atoms with Crippen LogP contribution in [0.1, 0.15) is 11.1 Å². The van der Waals surface area contributed by atoms with Crippen LogP contribution in [0.3, 0.4) is 0 Å². The van der Waals surface area contributed by atoms with Crippen molar-refractivity contribution in [2.45, 2.75) is 19.1 Å². The van der Waals surface area contributed by atoms with Crippen molar-refractivity contribution < 1.29 is 13.2 Å². The maximum atomic E-state index is 12.5. The summed E-state index contributed by atoms with van der Waals surface area (Å²) < 4.78 is 27.5. The van der Waals surface area contributed by atoms with E-state index in [0.717, 1.165) is 11.1 Å². The number of sulfonamides is 1. The molecule has 1 aliphatic heterocycles. The van der Waals surface area contributed by atoms with Crippen molar-refractivity contribution in [2.75, 3.05) is 4.72 Å². The Labute approximate surface area is 128 Å². The largest absolute Gasteiger partial charge is 0.346 e. The predicted molar refractivity (Wildman–Crippen MR) is 85.4 cm³/mol. The highest BCUT2D eigenvalue weighted by atomic mass is 32.2. The van der Waals surface area contributed by atoms with Crippen LogP contribution in [0.2, 0.25) is 0 Å². The van der Waals surface area contributed by atoms with Crippen LogP contribution in [0, 0.1) is 13.8 Å². The van der Waals surface area contributed by atoms with Gasteiger partial charge >= 0.3 is 6.03 Å². The van der Waals surface area contributed by atoms with E-state index >= 15 is 0 Å². The lowest BCUT2D eigenvalue weighted by Gasteiger charge is -2.17. The summed E-state index contributed by atoms with van der Waals surface area (Å²) in [5.74, 6) is 0. The van der Waals surface area contributed by atoms with E-state index in [2.05, 4.69) is 15.0 Å². The van der Waals surface area contributed by atoms with Crippen LogP contribution in [0.5, 0.6) is 0 Å². The molecule has 1 heterocycles. The number of rotatable bonds is 3. The zero-order valence-electron chi connectivity index (χ0n) is 12.1. The Hall–Kier alpha value is -2.41. The number of urea groups is 1. The van der Waals surface area contributed by atoms with Gasteiger partial charge in [-0.1, -0.05) is 12.1 Å². The first-order valence-electron chi connectivity index (χ1n) is 6.74. The van der Waals surface area contributed by atoms with E-state index in [1.165, 1.54) is 18.2 Å². The molecule has 6 nitrogen and oxygen atoms in total. The van der Waals surface area contributed by atoms with E-state index in [-0.39, 0.29) is 0 Å². The van der Waals surface area contributed by atoms with Gasteiger partial charge in [0.05, 0.1) is 11.4 Å². The van der Waals surface area contributed by atoms with Gasteiger partial charge in [0, 0.05) is 5.69 Å². The molecule has 114 valence electrons. The van der Waals surface area contributed by atoms with Crippen molar-refractivity contribution in [2.24, 2.45) is 4.99 Å². The van der Waals surface area contributed by atoms with Gasteiger partial charge < -0.3 is 5.32 Å². The number of carbonyl (C=O) groups excluding carboxylic acids is 1. The first-order chi connectivity index (χ1) is 10.3. The smallest absolute Gasteiger partial charge is 0.304 e. The standard InChI is InChI=1S/C15H15N3O3S/c1-9-3-4-11(7-10(9)2)18-22(20,21)12-5-6-13-14(8-12)17-15(19)16-13/h3-8,12,18H,1-2H3,(H,17,19). The molecule has 2 aliphatic rings. The molecular weight excluding hydrogens is 302 g/mol. The molecule has 0 saturated carbocycles. The molecule has 3 rings (SSSR count). The van der Waals surface area contributed by atoms with Gasteiger partial charge in [-0.2, -0.15) is 4.99 Å². The van der Waals surface area contributed by atoms with Gasteiger partial charge in [0.1, 0.15) is 5.25 Å². The zero-order chi connectivity index (χ0) is 15.9. The third-order valence-electron chi connectivity index (χ3n) is 3.64. The zero-order valence-corrected chi connectivity index (χ0v) is 12.9. The molecule has 1 aliphatic carbocycles. The normalized spacial score (nSPS) is 20.1. The van der Waals surface area contributed by atoms with Crippen LogP contribution in [-0.2, 0) is 10.0 Å². The van der Waals surface area contributed by atoms with Crippen LogP contribution in [0.15, 0.2) is 47.1 Å². The Morgan fingerprint density at radius 2 is 2.00 bits per heavy atom. The summed E-state index contributed by atoms with van der Waals surface area (Å²) in [6, 6.07) is 4.90. The summed E-state index contributed by atoms with van der Waals surface area (Å²) >= 11 is 0. The molecule has 22 heavy (non-hydrogen) atoms. The minimum atomic E-state index is -3.64. The highest BCUT2D eigenvalue weighted by Crippen LogP contribution is 2.21. The SMILES string of the molecule is Cc1ccc(NS(=O)(=O)C2C=CC3=NC(=O)NC3=C2)cc1C. The number of amides is 2. The molecule has 1 atom stereocenters. The van der Waals surface area contributed by atoms with E-state index in [4.69, 9.17) is 0 Å². The molecular formula is C15H15N3O3S. The minimum Gasteiger partial charge on any atom is -0.304 e. The molecule has 2 amide bonds. The summed E-state index contributed by atoms with van der Waals surface area (Å²) in [5, 5.41) is 1.65. The Morgan fingerprint density at radius 3 is 2.73 bits per heavy atom. The number of aliphatic imine (C=N–C) groups is 1. The van der Waals surface area contributed by atoms with Gasteiger partial charge in [-0.25, -0.2) is 13.2 Å². The Bertz CT molecular complexity index is 851.